The molecule has 0 saturated carbocycles. The van der Waals surface area contributed by atoms with Gasteiger partial charge in [-0.25, -0.2) is 17.5 Å². The van der Waals surface area contributed by atoms with Crippen LogP contribution in [0.5, 0.6) is 0 Å². The molecule has 0 aromatic heterocycles. The molecule has 10 heteroatoms. The van der Waals surface area contributed by atoms with Crippen molar-refractivity contribution < 1.29 is 32.6 Å². The number of ether oxygens (including phenoxy) is 1. The molecule has 1 aromatic carbocycles. The number of carboxylic acids is 1. The van der Waals surface area contributed by atoms with Crippen LogP contribution in [0.15, 0.2) is 23.1 Å². The molecule has 2 N–H and O–H groups in total. The summed E-state index contributed by atoms with van der Waals surface area (Å²) in [6, 6.07) is 3.59. The first-order chi connectivity index (χ1) is 11.6. The molecule has 2 amide bonds. The Hall–Kier alpha value is -2.46. The Morgan fingerprint density at radius 1 is 1.36 bits per heavy atom. The number of aliphatic carboxylic acids is 1. The zero-order chi connectivity index (χ0) is 19.0. The zero-order valence-corrected chi connectivity index (χ0v) is 14.7. The molecule has 136 valence electrons. The summed E-state index contributed by atoms with van der Waals surface area (Å²) < 4.78 is 30.2. The third kappa shape index (κ3) is 3.10. The van der Waals surface area contributed by atoms with Crippen LogP contribution in [0.25, 0.3) is 0 Å². The molecule has 9 nitrogen and oxygen atoms in total. The number of carbonyl (C=O) groups is 3. The van der Waals surface area contributed by atoms with Crippen LogP contribution >= 0.6 is 0 Å². The SMILES string of the molecule is CCN1C(=O)c2ccc(C(=O)NC(C)(COC)C(=O)O)cc2S1(=O)=O. The molecule has 2 rings (SSSR count). The lowest BCUT2D eigenvalue weighted by molar-refractivity contribution is -0.145. The largest absolute Gasteiger partial charge is 0.479 e. The number of sulfonamides is 1. The molecule has 0 spiro atoms. The third-order valence-corrected chi connectivity index (χ3v) is 5.75. The Kier molecular flexibility index (Phi) is 4.87. The van der Waals surface area contributed by atoms with E-state index in [1.807, 2.05) is 0 Å². The van der Waals surface area contributed by atoms with Gasteiger partial charge in [0.1, 0.15) is 4.90 Å². The summed E-state index contributed by atoms with van der Waals surface area (Å²) in [5, 5.41) is 11.6. The fraction of sp³-hybridized carbons (Fsp3) is 0.400. The maximum Gasteiger partial charge on any atom is 0.331 e. The van der Waals surface area contributed by atoms with Gasteiger partial charge in [0, 0.05) is 19.2 Å². The Labute approximate surface area is 144 Å². The van der Waals surface area contributed by atoms with Gasteiger partial charge >= 0.3 is 5.97 Å². The molecular formula is C15H18N2O7S. The molecule has 1 aliphatic rings. The van der Waals surface area contributed by atoms with Crippen molar-refractivity contribution in [2.45, 2.75) is 24.3 Å². The first-order valence-corrected chi connectivity index (χ1v) is 8.78. The standard InChI is InChI=1S/C15H18N2O7S/c1-4-17-13(19)10-6-5-9(7-11(10)25(17,22)23)12(18)16-15(2,8-24-3)14(20)21/h5-7H,4,8H2,1-3H3,(H,16,18)(H,20,21). The first-order valence-electron chi connectivity index (χ1n) is 7.34. The van der Waals surface area contributed by atoms with E-state index < -0.39 is 33.3 Å². The van der Waals surface area contributed by atoms with Gasteiger partial charge in [-0.3, -0.25) is 9.59 Å². The van der Waals surface area contributed by atoms with Gasteiger partial charge in [0.2, 0.25) is 0 Å². The molecule has 0 bridgehead atoms. The lowest BCUT2D eigenvalue weighted by atomic mass is 10.0. The molecule has 0 radical (unpaired) electrons. The molecule has 1 aliphatic heterocycles. The zero-order valence-electron chi connectivity index (χ0n) is 13.9. The molecule has 1 unspecified atom stereocenters. The van der Waals surface area contributed by atoms with E-state index in [0.717, 1.165) is 6.07 Å². The summed E-state index contributed by atoms with van der Waals surface area (Å²) in [7, 11) is -2.72. The molecule has 1 heterocycles. The van der Waals surface area contributed by atoms with Crippen LogP contribution in [-0.4, -0.2) is 61.4 Å². The molecule has 0 fully saturated rings. The summed E-state index contributed by atoms with van der Waals surface area (Å²) in [5.74, 6) is -2.75. The van der Waals surface area contributed by atoms with Crippen LogP contribution < -0.4 is 5.32 Å². The van der Waals surface area contributed by atoms with Crippen LogP contribution in [-0.2, 0) is 19.6 Å². The van der Waals surface area contributed by atoms with Crippen LogP contribution in [0.1, 0.15) is 34.6 Å². The van der Waals surface area contributed by atoms with Crippen LogP contribution in [0, 0.1) is 0 Å². The number of benzene rings is 1. The van der Waals surface area contributed by atoms with Gasteiger partial charge in [-0.2, -0.15) is 0 Å². The van der Waals surface area contributed by atoms with Crippen molar-refractivity contribution in [1.29, 1.82) is 0 Å². The highest BCUT2D eigenvalue weighted by Crippen LogP contribution is 2.30. The highest BCUT2D eigenvalue weighted by Gasteiger charge is 2.41. The monoisotopic (exact) mass is 370 g/mol. The number of nitrogens with one attached hydrogen (secondary N) is 1. The summed E-state index contributed by atoms with van der Waals surface area (Å²) in [5.41, 5.74) is -1.78. The van der Waals surface area contributed by atoms with Crippen molar-refractivity contribution in [3.8, 4) is 0 Å². The number of rotatable bonds is 6. The first kappa shape index (κ1) is 18.9. The molecule has 25 heavy (non-hydrogen) atoms. The molecule has 0 aliphatic carbocycles. The normalized spacial score (nSPS) is 17.7. The highest BCUT2D eigenvalue weighted by molar-refractivity contribution is 7.90. The van der Waals surface area contributed by atoms with E-state index in [2.05, 4.69) is 5.32 Å². The number of hydrogen-bond acceptors (Lipinski definition) is 6. The van der Waals surface area contributed by atoms with Crippen molar-refractivity contribution in [3.63, 3.8) is 0 Å². The minimum absolute atomic E-state index is 0.0173. The van der Waals surface area contributed by atoms with E-state index in [9.17, 15) is 27.9 Å². The minimum Gasteiger partial charge on any atom is -0.479 e. The second kappa shape index (κ2) is 6.45. The molecule has 1 atom stereocenters. The smallest absolute Gasteiger partial charge is 0.331 e. The number of nitrogens with zero attached hydrogens (tertiary/aromatic N) is 1. The highest BCUT2D eigenvalue weighted by atomic mass is 32.2. The topological polar surface area (TPSA) is 130 Å². The van der Waals surface area contributed by atoms with Crippen molar-refractivity contribution in [3.05, 3.63) is 29.3 Å². The fourth-order valence-corrected chi connectivity index (χ4v) is 4.10. The van der Waals surface area contributed by atoms with Crippen molar-refractivity contribution in [2.75, 3.05) is 20.3 Å². The van der Waals surface area contributed by atoms with E-state index in [4.69, 9.17) is 4.74 Å². The van der Waals surface area contributed by atoms with Gasteiger partial charge in [0.25, 0.3) is 21.8 Å². The maximum atomic E-state index is 12.4. The van der Waals surface area contributed by atoms with Gasteiger partial charge in [0.05, 0.1) is 12.2 Å². The average Bonchev–Trinajstić information content (AvgIpc) is 2.73. The van der Waals surface area contributed by atoms with Crippen molar-refractivity contribution in [2.24, 2.45) is 0 Å². The van der Waals surface area contributed by atoms with E-state index in [1.165, 1.54) is 33.1 Å². The van der Waals surface area contributed by atoms with Crippen molar-refractivity contribution >= 4 is 27.8 Å². The number of amides is 2. The predicted molar refractivity (Wildman–Crippen MR) is 85.7 cm³/mol. The molecule has 1 aromatic rings. The molecular weight excluding hydrogens is 352 g/mol. The van der Waals surface area contributed by atoms with E-state index >= 15 is 0 Å². The van der Waals surface area contributed by atoms with Gasteiger partial charge in [-0.05, 0) is 32.0 Å². The number of carbonyl (C=O) groups excluding carboxylic acids is 2. The quantitative estimate of drug-likeness (QED) is 0.724. The van der Waals surface area contributed by atoms with E-state index in [0.29, 0.717) is 4.31 Å². The average molecular weight is 370 g/mol. The summed E-state index contributed by atoms with van der Waals surface area (Å²) >= 11 is 0. The number of methoxy groups -OCH3 is 1. The Morgan fingerprint density at radius 2 is 2.00 bits per heavy atom. The van der Waals surface area contributed by atoms with Crippen molar-refractivity contribution in [1.82, 2.24) is 9.62 Å². The van der Waals surface area contributed by atoms with Gasteiger partial charge < -0.3 is 15.2 Å². The molecule has 0 saturated heterocycles. The number of carboxylic acid groups (broad SMARTS) is 1. The van der Waals surface area contributed by atoms with Crippen LogP contribution in [0.4, 0.5) is 0 Å². The van der Waals surface area contributed by atoms with Gasteiger partial charge in [0.15, 0.2) is 5.54 Å². The van der Waals surface area contributed by atoms with Crippen LogP contribution in [0.2, 0.25) is 0 Å². The lowest BCUT2D eigenvalue weighted by Gasteiger charge is -2.25. The van der Waals surface area contributed by atoms with Crippen LogP contribution in [0.3, 0.4) is 0 Å². The Morgan fingerprint density at radius 3 is 2.52 bits per heavy atom. The van der Waals surface area contributed by atoms with Gasteiger partial charge in [-0.1, -0.05) is 0 Å². The van der Waals surface area contributed by atoms with E-state index in [-0.39, 0.29) is 29.2 Å². The summed E-state index contributed by atoms with van der Waals surface area (Å²) in [6.45, 7) is 2.49. The van der Waals surface area contributed by atoms with Gasteiger partial charge in [-0.15, -0.1) is 0 Å². The fourth-order valence-electron chi connectivity index (χ4n) is 2.49. The minimum atomic E-state index is -4.01. The number of fused-ring (bicyclic) bond motifs is 1. The Bertz CT molecular complexity index is 849. The third-order valence-electron chi connectivity index (χ3n) is 3.85. The second-order valence-electron chi connectivity index (χ2n) is 5.71. The Balaban J connectivity index is 2.40. The summed E-state index contributed by atoms with van der Waals surface area (Å²) in [6.07, 6.45) is 0. The van der Waals surface area contributed by atoms with E-state index in [1.54, 1.807) is 0 Å². The predicted octanol–water partition coefficient (Wildman–Crippen LogP) is 0.0705. The number of hydrogen-bond donors (Lipinski definition) is 2. The maximum absolute atomic E-state index is 12.4. The lowest BCUT2D eigenvalue weighted by Crippen LogP contribution is -2.55. The second-order valence-corrected chi connectivity index (χ2v) is 7.54. The summed E-state index contributed by atoms with van der Waals surface area (Å²) in [4.78, 5) is 35.5.